The second kappa shape index (κ2) is 9.41. The van der Waals surface area contributed by atoms with Gasteiger partial charge >= 0.3 is 0 Å². The minimum atomic E-state index is -0.663. The van der Waals surface area contributed by atoms with Gasteiger partial charge in [0.25, 0.3) is 0 Å². The van der Waals surface area contributed by atoms with E-state index >= 15 is 0 Å². The van der Waals surface area contributed by atoms with E-state index < -0.39 is 6.10 Å². The second-order valence-corrected chi connectivity index (χ2v) is 8.52. The third-order valence-electron chi connectivity index (χ3n) is 5.55. The molecule has 0 saturated heterocycles. The number of aliphatic hydroxyl groups excluding tert-OH is 1. The van der Waals surface area contributed by atoms with Gasteiger partial charge in [0.15, 0.2) is 0 Å². The molecule has 2 heterocycles. The van der Waals surface area contributed by atoms with Crippen LogP contribution in [0.2, 0.25) is 0 Å². The molecule has 1 unspecified atom stereocenters. The van der Waals surface area contributed by atoms with Crippen LogP contribution in [0, 0.1) is 5.92 Å². The number of benzene rings is 2. The predicted octanol–water partition coefficient (Wildman–Crippen LogP) is 4.76. The summed E-state index contributed by atoms with van der Waals surface area (Å²) in [6, 6.07) is 18.7. The van der Waals surface area contributed by atoms with E-state index in [9.17, 15) is 5.11 Å². The molecule has 0 saturated carbocycles. The Morgan fingerprint density at radius 3 is 2.43 bits per heavy atom. The topological polar surface area (TPSA) is 45.6 Å². The van der Waals surface area contributed by atoms with Gasteiger partial charge < -0.3 is 9.84 Å². The number of rotatable bonds is 6. The van der Waals surface area contributed by atoms with Crippen molar-refractivity contribution in [1.29, 1.82) is 0 Å². The SMILES string of the molecule is CC(C)Cc1ccc(CN2CCOc3ccc(C(O)c4ccncc4)cc3C2)cc1. The van der Waals surface area contributed by atoms with E-state index in [2.05, 4.69) is 54.1 Å². The molecule has 0 spiro atoms. The lowest BCUT2D eigenvalue weighted by Crippen LogP contribution is -2.25. The van der Waals surface area contributed by atoms with E-state index in [1.807, 2.05) is 24.3 Å². The highest BCUT2D eigenvalue weighted by Gasteiger charge is 2.18. The number of aliphatic hydroxyl groups is 1. The lowest BCUT2D eigenvalue weighted by molar-refractivity contribution is 0.218. The largest absolute Gasteiger partial charge is 0.492 e. The molecule has 0 fully saturated rings. The van der Waals surface area contributed by atoms with E-state index in [-0.39, 0.29) is 0 Å². The van der Waals surface area contributed by atoms with Crippen LogP contribution in [-0.4, -0.2) is 28.1 Å². The fourth-order valence-corrected chi connectivity index (χ4v) is 4.02. The lowest BCUT2D eigenvalue weighted by atomic mass is 9.99. The number of aromatic nitrogens is 1. The molecule has 0 radical (unpaired) electrons. The highest BCUT2D eigenvalue weighted by Crippen LogP contribution is 2.30. The Hall–Kier alpha value is -2.69. The second-order valence-electron chi connectivity index (χ2n) is 8.52. The van der Waals surface area contributed by atoms with Gasteiger partial charge in [0.2, 0.25) is 0 Å². The molecule has 4 rings (SSSR count). The molecule has 4 nitrogen and oxygen atoms in total. The van der Waals surface area contributed by atoms with E-state index in [4.69, 9.17) is 4.74 Å². The van der Waals surface area contributed by atoms with Crippen molar-refractivity contribution in [2.24, 2.45) is 5.92 Å². The number of pyridine rings is 1. The molecule has 1 aliphatic heterocycles. The summed E-state index contributed by atoms with van der Waals surface area (Å²) >= 11 is 0. The highest BCUT2D eigenvalue weighted by atomic mass is 16.5. The normalized spacial score (nSPS) is 15.3. The van der Waals surface area contributed by atoms with Crippen LogP contribution >= 0.6 is 0 Å². The molecule has 3 aromatic rings. The van der Waals surface area contributed by atoms with Gasteiger partial charge in [-0.2, -0.15) is 0 Å². The van der Waals surface area contributed by atoms with Gasteiger partial charge in [-0.05, 0) is 58.9 Å². The Morgan fingerprint density at radius 2 is 1.70 bits per heavy atom. The standard InChI is InChI=1S/C26H30N2O2/c1-19(2)15-20-3-5-21(6-4-20)17-28-13-14-30-25-8-7-23(16-24(25)18-28)26(29)22-9-11-27-12-10-22/h3-12,16,19,26,29H,13-15,17-18H2,1-2H3. The zero-order valence-electron chi connectivity index (χ0n) is 17.8. The monoisotopic (exact) mass is 402 g/mol. The fourth-order valence-electron chi connectivity index (χ4n) is 4.02. The molecule has 156 valence electrons. The van der Waals surface area contributed by atoms with E-state index in [1.54, 1.807) is 12.4 Å². The summed E-state index contributed by atoms with van der Waals surface area (Å²) in [5.74, 6) is 1.59. The first-order valence-corrected chi connectivity index (χ1v) is 10.7. The van der Waals surface area contributed by atoms with Gasteiger partial charge in [0.1, 0.15) is 18.5 Å². The van der Waals surface area contributed by atoms with Gasteiger partial charge in [0.05, 0.1) is 0 Å². The van der Waals surface area contributed by atoms with Gasteiger partial charge in [-0.1, -0.05) is 44.2 Å². The van der Waals surface area contributed by atoms with Crippen molar-refractivity contribution < 1.29 is 9.84 Å². The molecule has 1 aliphatic rings. The fraction of sp³-hybridized carbons (Fsp3) is 0.346. The average molecular weight is 403 g/mol. The van der Waals surface area contributed by atoms with Gasteiger partial charge in [-0.15, -0.1) is 0 Å². The third-order valence-corrected chi connectivity index (χ3v) is 5.55. The van der Waals surface area contributed by atoms with Gasteiger partial charge in [-0.3, -0.25) is 9.88 Å². The molecule has 30 heavy (non-hydrogen) atoms. The van der Waals surface area contributed by atoms with Crippen LogP contribution in [0.15, 0.2) is 67.0 Å². The molecule has 2 aromatic carbocycles. The Bertz CT molecular complexity index is 955. The summed E-state index contributed by atoms with van der Waals surface area (Å²) in [5.41, 5.74) is 5.56. The van der Waals surface area contributed by atoms with Crippen LogP contribution in [0.25, 0.3) is 0 Å². The van der Waals surface area contributed by atoms with Crippen molar-refractivity contribution in [2.45, 2.75) is 39.5 Å². The van der Waals surface area contributed by atoms with Crippen molar-refractivity contribution in [2.75, 3.05) is 13.2 Å². The van der Waals surface area contributed by atoms with Crippen LogP contribution in [-0.2, 0) is 19.5 Å². The van der Waals surface area contributed by atoms with Crippen molar-refractivity contribution in [1.82, 2.24) is 9.88 Å². The van der Waals surface area contributed by atoms with E-state index in [0.29, 0.717) is 12.5 Å². The van der Waals surface area contributed by atoms with Crippen molar-refractivity contribution >= 4 is 0 Å². The first kappa shape index (κ1) is 20.6. The molecule has 1 N–H and O–H groups in total. The van der Waals surface area contributed by atoms with Crippen molar-refractivity contribution in [3.05, 3.63) is 94.8 Å². The number of hydrogen-bond acceptors (Lipinski definition) is 4. The van der Waals surface area contributed by atoms with E-state index in [0.717, 1.165) is 48.5 Å². The maximum atomic E-state index is 10.8. The quantitative estimate of drug-likeness (QED) is 0.646. The van der Waals surface area contributed by atoms with Gasteiger partial charge in [0, 0.05) is 37.6 Å². The molecule has 0 aliphatic carbocycles. The molecule has 4 heteroatoms. The average Bonchev–Trinajstić information content (AvgIpc) is 2.96. The summed E-state index contributed by atoms with van der Waals surface area (Å²) in [5, 5.41) is 10.8. The number of nitrogens with zero attached hydrogens (tertiary/aromatic N) is 2. The van der Waals surface area contributed by atoms with Crippen LogP contribution in [0.1, 0.15) is 47.8 Å². The maximum absolute atomic E-state index is 10.8. The highest BCUT2D eigenvalue weighted by molar-refractivity contribution is 5.41. The lowest BCUT2D eigenvalue weighted by Gasteiger charge is -2.20. The summed E-state index contributed by atoms with van der Waals surface area (Å²) in [4.78, 5) is 6.44. The zero-order valence-corrected chi connectivity index (χ0v) is 17.8. The van der Waals surface area contributed by atoms with Crippen LogP contribution < -0.4 is 4.74 Å². The van der Waals surface area contributed by atoms with Crippen molar-refractivity contribution in [3.8, 4) is 5.75 Å². The first-order valence-electron chi connectivity index (χ1n) is 10.7. The molecule has 0 amide bonds. The molecular weight excluding hydrogens is 372 g/mol. The molecular formula is C26H30N2O2. The summed E-state index contributed by atoms with van der Waals surface area (Å²) < 4.78 is 5.99. The molecule has 0 bridgehead atoms. The summed E-state index contributed by atoms with van der Waals surface area (Å²) in [7, 11) is 0. The number of fused-ring (bicyclic) bond motifs is 1. The van der Waals surface area contributed by atoms with Crippen molar-refractivity contribution in [3.63, 3.8) is 0 Å². The Kier molecular flexibility index (Phi) is 6.46. The van der Waals surface area contributed by atoms with Crippen LogP contribution in [0.5, 0.6) is 5.75 Å². The summed E-state index contributed by atoms with van der Waals surface area (Å²) in [6.07, 6.45) is 3.87. The minimum Gasteiger partial charge on any atom is -0.492 e. The minimum absolute atomic E-state index is 0.663. The maximum Gasteiger partial charge on any atom is 0.123 e. The third kappa shape index (κ3) is 5.07. The Balaban J connectivity index is 1.48. The van der Waals surface area contributed by atoms with Crippen LogP contribution in [0.4, 0.5) is 0 Å². The number of hydrogen-bond donors (Lipinski definition) is 1. The van der Waals surface area contributed by atoms with Gasteiger partial charge in [-0.25, -0.2) is 0 Å². The summed E-state index contributed by atoms with van der Waals surface area (Å²) in [6.45, 7) is 7.75. The smallest absolute Gasteiger partial charge is 0.123 e. The molecule has 1 atom stereocenters. The van der Waals surface area contributed by atoms with Crippen LogP contribution in [0.3, 0.4) is 0 Å². The van der Waals surface area contributed by atoms with E-state index in [1.165, 1.54) is 11.1 Å². The zero-order chi connectivity index (χ0) is 20.9. The number of ether oxygens (including phenoxy) is 1. The Labute approximate surface area is 179 Å². The Morgan fingerprint density at radius 1 is 0.967 bits per heavy atom. The first-order chi connectivity index (χ1) is 14.6. The molecule has 1 aromatic heterocycles. The predicted molar refractivity (Wildman–Crippen MR) is 119 cm³/mol.